The van der Waals surface area contributed by atoms with Gasteiger partial charge in [0.2, 0.25) is 0 Å². The summed E-state index contributed by atoms with van der Waals surface area (Å²) in [5.74, 6) is 0. The van der Waals surface area contributed by atoms with Crippen molar-refractivity contribution in [3.8, 4) is 0 Å². The average Bonchev–Trinajstić information content (AvgIpc) is 2.86. The van der Waals surface area contributed by atoms with E-state index in [0.717, 1.165) is 0 Å². The minimum absolute atomic E-state index is 0.0824. The first-order chi connectivity index (χ1) is 13.2. The molecule has 9 heteroatoms. The van der Waals surface area contributed by atoms with Crippen molar-refractivity contribution >= 4 is 6.09 Å². The van der Waals surface area contributed by atoms with E-state index in [-0.39, 0.29) is 18.3 Å². The maximum atomic E-state index is 11.9. The van der Waals surface area contributed by atoms with Crippen molar-refractivity contribution in [1.82, 2.24) is 10.6 Å². The van der Waals surface area contributed by atoms with Gasteiger partial charge >= 0.3 is 6.09 Å². The van der Waals surface area contributed by atoms with E-state index in [4.69, 9.17) is 15.2 Å². The lowest BCUT2D eigenvalue weighted by Crippen LogP contribution is -2.39. The number of nitro groups is 1. The van der Waals surface area contributed by atoms with Crippen LogP contribution >= 0.6 is 0 Å². The van der Waals surface area contributed by atoms with Crippen LogP contribution in [0.1, 0.15) is 67.7 Å². The summed E-state index contributed by atoms with van der Waals surface area (Å²) in [6.07, 6.45) is 0.870. The van der Waals surface area contributed by atoms with E-state index in [2.05, 4.69) is 10.6 Å². The molecule has 0 saturated carbocycles. The summed E-state index contributed by atoms with van der Waals surface area (Å²) in [5, 5.41) is 16.8. The summed E-state index contributed by atoms with van der Waals surface area (Å²) >= 11 is 0. The molecule has 1 amide bonds. The number of amides is 1. The number of hydrogen-bond acceptors (Lipinski definition) is 7. The first-order valence-corrected chi connectivity index (χ1v) is 10.0. The zero-order chi connectivity index (χ0) is 22.3. The van der Waals surface area contributed by atoms with E-state index in [1.807, 2.05) is 27.7 Å². The van der Waals surface area contributed by atoms with Crippen LogP contribution in [0.5, 0.6) is 0 Å². The van der Waals surface area contributed by atoms with Gasteiger partial charge in [0.15, 0.2) is 0 Å². The Labute approximate surface area is 169 Å². The van der Waals surface area contributed by atoms with Crippen molar-refractivity contribution < 1.29 is 19.2 Å². The summed E-state index contributed by atoms with van der Waals surface area (Å²) in [6.45, 7) is 13.6. The number of carbonyl (C=O) groups is 1. The van der Waals surface area contributed by atoms with E-state index < -0.39 is 22.7 Å². The SMILES string of the molecule is CC.CC.CN/C(=C(\CN)[N+](=O)[O-])C1CCC(NC(=O)OC(C)(C)C)CCO1. The fourth-order valence-electron chi connectivity index (χ4n) is 2.55. The molecule has 0 aromatic rings. The number of nitrogens with zero attached hydrogens (tertiary/aromatic N) is 1. The Morgan fingerprint density at radius 2 is 1.79 bits per heavy atom. The predicted octanol–water partition coefficient (Wildman–Crippen LogP) is 3.17. The Morgan fingerprint density at radius 3 is 2.21 bits per heavy atom. The first kappa shape index (κ1) is 28.3. The van der Waals surface area contributed by atoms with Crippen molar-refractivity contribution in [2.75, 3.05) is 20.2 Å². The third kappa shape index (κ3) is 11.1. The monoisotopic (exact) mass is 404 g/mol. The minimum Gasteiger partial charge on any atom is -0.444 e. The number of rotatable bonds is 5. The largest absolute Gasteiger partial charge is 0.444 e. The molecule has 0 aliphatic carbocycles. The molecule has 2 atom stereocenters. The normalized spacial score (nSPS) is 20.0. The number of hydrogen-bond donors (Lipinski definition) is 3. The van der Waals surface area contributed by atoms with Crippen molar-refractivity contribution in [1.29, 1.82) is 0 Å². The number of likely N-dealkylation sites (N-methyl/N-ethyl adjacent to an activating group) is 1. The second-order valence-corrected chi connectivity index (χ2v) is 6.64. The topological polar surface area (TPSA) is 129 Å². The van der Waals surface area contributed by atoms with E-state index in [1.54, 1.807) is 27.8 Å². The Kier molecular flexibility index (Phi) is 15.3. The van der Waals surface area contributed by atoms with E-state index in [1.165, 1.54) is 0 Å². The van der Waals surface area contributed by atoms with Gasteiger partial charge in [-0.25, -0.2) is 4.79 Å². The van der Waals surface area contributed by atoms with Gasteiger partial charge in [-0.2, -0.15) is 0 Å². The molecule has 0 bridgehead atoms. The molecule has 2 unspecified atom stereocenters. The quantitative estimate of drug-likeness (QED) is 0.474. The maximum absolute atomic E-state index is 11.9. The van der Waals surface area contributed by atoms with Gasteiger partial charge in [-0.1, -0.05) is 27.7 Å². The van der Waals surface area contributed by atoms with Gasteiger partial charge in [-0.05, 0) is 40.0 Å². The molecule has 9 nitrogen and oxygen atoms in total. The van der Waals surface area contributed by atoms with Crippen LogP contribution in [0.15, 0.2) is 11.4 Å². The van der Waals surface area contributed by atoms with Crippen molar-refractivity contribution in [2.24, 2.45) is 5.73 Å². The zero-order valence-corrected chi connectivity index (χ0v) is 18.8. The number of ether oxygens (including phenoxy) is 2. The average molecular weight is 405 g/mol. The van der Waals surface area contributed by atoms with Gasteiger partial charge < -0.3 is 25.8 Å². The number of alkyl carbamates (subject to hydrolysis) is 1. The third-order valence-electron chi connectivity index (χ3n) is 3.60. The Morgan fingerprint density at radius 1 is 1.21 bits per heavy atom. The molecule has 166 valence electrons. The molecule has 0 aromatic carbocycles. The Balaban J connectivity index is 0. The molecule has 0 radical (unpaired) electrons. The van der Waals surface area contributed by atoms with E-state index in [9.17, 15) is 14.9 Å². The van der Waals surface area contributed by atoms with Crippen LogP contribution in [0, 0.1) is 10.1 Å². The molecule has 1 saturated heterocycles. The lowest BCUT2D eigenvalue weighted by molar-refractivity contribution is -0.427. The predicted molar refractivity (Wildman–Crippen MR) is 112 cm³/mol. The van der Waals surface area contributed by atoms with Crippen LogP contribution in [0.3, 0.4) is 0 Å². The fourth-order valence-corrected chi connectivity index (χ4v) is 2.55. The number of nitrogens with one attached hydrogen (secondary N) is 2. The van der Waals surface area contributed by atoms with E-state index in [0.29, 0.717) is 31.6 Å². The lowest BCUT2D eigenvalue weighted by Gasteiger charge is -2.22. The lowest BCUT2D eigenvalue weighted by atomic mass is 10.0. The van der Waals surface area contributed by atoms with Crippen LogP contribution in [0.2, 0.25) is 0 Å². The fraction of sp³-hybridized carbons (Fsp3) is 0.842. The number of carbonyl (C=O) groups excluding carboxylic acids is 1. The molecule has 1 aliphatic heterocycles. The smallest absolute Gasteiger partial charge is 0.407 e. The summed E-state index contributed by atoms with van der Waals surface area (Å²) in [5.41, 5.74) is 5.23. The standard InChI is InChI=1S/C15H28N4O5.2C2H6/c1-15(2,3)24-14(20)18-10-5-6-12(23-8-7-10)13(17-4)11(9-16)19(21)22;2*1-2/h10,12,17H,5-9,16H2,1-4H3,(H,18,20);2*1-2H3/b13-11+;;. The molecule has 1 fully saturated rings. The summed E-state index contributed by atoms with van der Waals surface area (Å²) in [7, 11) is 1.61. The van der Waals surface area contributed by atoms with Gasteiger partial charge in [0, 0.05) is 19.7 Å². The molecule has 4 N–H and O–H groups in total. The molecule has 1 rings (SSSR count). The van der Waals surface area contributed by atoms with Gasteiger partial charge in [-0.3, -0.25) is 10.1 Å². The van der Waals surface area contributed by atoms with Gasteiger partial charge in [0.25, 0.3) is 5.70 Å². The molecule has 0 aromatic heterocycles. The number of nitrogens with two attached hydrogens (primary N) is 1. The van der Waals surface area contributed by atoms with Gasteiger partial charge in [-0.15, -0.1) is 0 Å². The maximum Gasteiger partial charge on any atom is 0.407 e. The minimum atomic E-state index is -0.558. The highest BCUT2D eigenvalue weighted by molar-refractivity contribution is 5.68. The molecule has 1 aliphatic rings. The first-order valence-electron chi connectivity index (χ1n) is 10.0. The molecular weight excluding hydrogens is 364 g/mol. The zero-order valence-electron chi connectivity index (χ0n) is 18.8. The summed E-state index contributed by atoms with van der Waals surface area (Å²) in [6, 6.07) is -0.0973. The summed E-state index contributed by atoms with van der Waals surface area (Å²) in [4.78, 5) is 22.5. The highest BCUT2D eigenvalue weighted by Crippen LogP contribution is 2.21. The van der Waals surface area contributed by atoms with Crippen LogP contribution in [-0.2, 0) is 9.47 Å². The second kappa shape index (κ2) is 15.1. The van der Waals surface area contributed by atoms with Crippen LogP contribution in [0.4, 0.5) is 4.79 Å². The molecule has 28 heavy (non-hydrogen) atoms. The highest BCUT2D eigenvalue weighted by Gasteiger charge is 2.29. The second-order valence-electron chi connectivity index (χ2n) is 6.64. The molecule has 0 spiro atoms. The molecule has 1 heterocycles. The highest BCUT2D eigenvalue weighted by atomic mass is 16.6. The van der Waals surface area contributed by atoms with Crippen molar-refractivity contribution in [3.63, 3.8) is 0 Å². The van der Waals surface area contributed by atoms with Crippen molar-refractivity contribution in [2.45, 2.75) is 85.5 Å². The third-order valence-corrected chi connectivity index (χ3v) is 3.60. The van der Waals surface area contributed by atoms with E-state index >= 15 is 0 Å². The summed E-state index contributed by atoms with van der Waals surface area (Å²) < 4.78 is 11.0. The van der Waals surface area contributed by atoms with Crippen molar-refractivity contribution in [3.05, 3.63) is 21.5 Å². The van der Waals surface area contributed by atoms with Crippen LogP contribution in [-0.4, -0.2) is 49.0 Å². The Bertz CT molecular complexity index is 489. The van der Waals surface area contributed by atoms with Gasteiger partial charge in [0.05, 0.1) is 11.5 Å². The Hall–Kier alpha value is -1.87. The molecular formula is C19H40N4O5. The van der Waals surface area contributed by atoms with Crippen LogP contribution < -0.4 is 16.4 Å². The van der Waals surface area contributed by atoms with Gasteiger partial charge in [0.1, 0.15) is 17.4 Å². The van der Waals surface area contributed by atoms with Crippen LogP contribution in [0.25, 0.3) is 0 Å².